The smallest absolute Gasteiger partial charge is 0.309 e. The Morgan fingerprint density at radius 3 is 2.62 bits per heavy atom. The van der Waals surface area contributed by atoms with Crippen LogP contribution in [-0.4, -0.2) is 50.7 Å². The second kappa shape index (κ2) is 8.91. The fourth-order valence-electron chi connectivity index (χ4n) is 3.47. The first kappa shape index (κ1) is 19.2. The molecule has 2 aromatic heterocycles. The normalized spacial score (nSPS) is 15.3. The average molecular weight is 393 g/mol. The van der Waals surface area contributed by atoms with E-state index in [1.807, 2.05) is 37.3 Å². The van der Waals surface area contributed by atoms with Crippen LogP contribution in [0, 0.1) is 5.92 Å². The first-order valence-corrected chi connectivity index (χ1v) is 9.81. The summed E-state index contributed by atoms with van der Waals surface area (Å²) in [6.07, 6.45) is 4.84. The molecule has 1 aliphatic heterocycles. The minimum atomic E-state index is -0.0855. The van der Waals surface area contributed by atoms with Crippen LogP contribution in [0.1, 0.15) is 25.7 Å². The van der Waals surface area contributed by atoms with Crippen LogP contribution < -0.4 is 0 Å². The number of aromatic nitrogens is 4. The van der Waals surface area contributed by atoms with E-state index in [2.05, 4.69) is 25.0 Å². The molecule has 0 radical (unpaired) electrons. The molecule has 3 aromatic rings. The number of hydrogen-bond donors (Lipinski definition) is 0. The van der Waals surface area contributed by atoms with E-state index in [1.165, 1.54) is 6.33 Å². The second-order valence-electron chi connectivity index (χ2n) is 6.99. The summed E-state index contributed by atoms with van der Waals surface area (Å²) < 4.78 is 10.6. The molecule has 0 bridgehead atoms. The number of carbonyl (C=O) groups is 1. The number of esters is 1. The minimum Gasteiger partial charge on any atom is -0.466 e. The standard InChI is InChI=1S/C21H23N5O3/c1-2-28-21(27)17-8-11-26(12-9-17)13-19-24-20(25-29-19)16-5-3-15(4-6-16)18-7-10-22-14-23-18/h3-7,10,14,17H,2,8-9,11-13H2,1H3. The number of carbonyl (C=O) groups excluding carboxylic acids is 1. The van der Waals surface area contributed by atoms with Crippen molar-refractivity contribution in [1.29, 1.82) is 0 Å². The van der Waals surface area contributed by atoms with Gasteiger partial charge in [-0.1, -0.05) is 29.4 Å². The second-order valence-corrected chi connectivity index (χ2v) is 6.99. The van der Waals surface area contributed by atoms with Crippen LogP contribution in [0.15, 0.2) is 47.4 Å². The van der Waals surface area contributed by atoms with Crippen molar-refractivity contribution in [3.63, 3.8) is 0 Å². The van der Waals surface area contributed by atoms with Gasteiger partial charge in [0, 0.05) is 17.3 Å². The summed E-state index contributed by atoms with van der Waals surface area (Å²) in [7, 11) is 0. The zero-order valence-corrected chi connectivity index (χ0v) is 16.3. The molecule has 0 atom stereocenters. The van der Waals surface area contributed by atoms with E-state index in [0.29, 0.717) is 24.9 Å². The molecule has 4 rings (SSSR count). The first-order chi connectivity index (χ1) is 14.2. The van der Waals surface area contributed by atoms with Gasteiger partial charge in [0.05, 0.1) is 24.8 Å². The highest BCUT2D eigenvalue weighted by molar-refractivity contribution is 5.72. The van der Waals surface area contributed by atoms with Crippen LogP contribution in [0.3, 0.4) is 0 Å². The third-order valence-electron chi connectivity index (χ3n) is 5.06. The number of ether oxygens (including phenoxy) is 1. The van der Waals surface area contributed by atoms with E-state index < -0.39 is 0 Å². The molecule has 150 valence electrons. The number of rotatable bonds is 6. The van der Waals surface area contributed by atoms with E-state index >= 15 is 0 Å². The lowest BCUT2D eigenvalue weighted by atomic mass is 9.97. The molecule has 0 saturated carbocycles. The van der Waals surface area contributed by atoms with Gasteiger partial charge >= 0.3 is 5.97 Å². The Kier molecular flexibility index (Phi) is 5.90. The van der Waals surface area contributed by atoms with E-state index in [9.17, 15) is 4.79 Å². The lowest BCUT2D eigenvalue weighted by molar-refractivity contribution is -0.149. The van der Waals surface area contributed by atoms with Crippen LogP contribution in [-0.2, 0) is 16.1 Å². The monoisotopic (exact) mass is 393 g/mol. The minimum absolute atomic E-state index is 0.00199. The van der Waals surface area contributed by atoms with Crippen molar-refractivity contribution >= 4 is 5.97 Å². The van der Waals surface area contributed by atoms with Crippen molar-refractivity contribution in [2.45, 2.75) is 26.3 Å². The Balaban J connectivity index is 1.35. The van der Waals surface area contributed by atoms with Crippen molar-refractivity contribution in [1.82, 2.24) is 25.0 Å². The van der Waals surface area contributed by atoms with Gasteiger partial charge < -0.3 is 9.26 Å². The first-order valence-electron chi connectivity index (χ1n) is 9.81. The van der Waals surface area contributed by atoms with Crippen molar-refractivity contribution in [2.24, 2.45) is 5.92 Å². The number of benzene rings is 1. The zero-order chi connectivity index (χ0) is 20.1. The Bertz CT molecular complexity index is 934. The van der Waals surface area contributed by atoms with Gasteiger partial charge in [0.15, 0.2) is 0 Å². The molecule has 3 heterocycles. The summed E-state index contributed by atoms with van der Waals surface area (Å²) in [5.74, 6) is 1.06. The molecule has 0 aliphatic carbocycles. The SMILES string of the molecule is CCOC(=O)C1CCN(Cc2nc(-c3ccc(-c4ccncn4)cc3)no2)CC1. The highest BCUT2D eigenvalue weighted by Gasteiger charge is 2.26. The Hall–Kier alpha value is -3.13. The Labute approximate surface area is 168 Å². The van der Waals surface area contributed by atoms with Crippen LogP contribution in [0.25, 0.3) is 22.6 Å². The topological polar surface area (TPSA) is 94.2 Å². The summed E-state index contributed by atoms with van der Waals surface area (Å²) in [5, 5.41) is 4.11. The largest absolute Gasteiger partial charge is 0.466 e. The van der Waals surface area contributed by atoms with Crippen molar-refractivity contribution in [3.05, 3.63) is 48.7 Å². The summed E-state index contributed by atoms with van der Waals surface area (Å²) >= 11 is 0. The van der Waals surface area contributed by atoms with E-state index in [0.717, 1.165) is 42.8 Å². The molecular weight excluding hydrogens is 370 g/mol. The Morgan fingerprint density at radius 2 is 1.93 bits per heavy atom. The van der Waals surface area contributed by atoms with Gasteiger partial charge in [-0.05, 0) is 38.9 Å². The summed E-state index contributed by atoms with van der Waals surface area (Å²) in [5.41, 5.74) is 2.76. The predicted octanol–water partition coefficient (Wildman–Crippen LogP) is 2.97. The predicted molar refractivity (Wildman–Crippen MR) is 105 cm³/mol. The maximum absolute atomic E-state index is 11.8. The third-order valence-corrected chi connectivity index (χ3v) is 5.06. The molecule has 0 spiro atoms. The lowest BCUT2D eigenvalue weighted by Gasteiger charge is -2.29. The summed E-state index contributed by atoms with van der Waals surface area (Å²) in [6, 6.07) is 9.74. The number of nitrogens with zero attached hydrogens (tertiary/aromatic N) is 5. The van der Waals surface area contributed by atoms with Gasteiger partial charge in [-0.3, -0.25) is 9.69 Å². The molecule has 1 aromatic carbocycles. The zero-order valence-electron chi connectivity index (χ0n) is 16.3. The van der Waals surface area contributed by atoms with E-state index in [1.54, 1.807) is 6.20 Å². The molecule has 1 saturated heterocycles. The molecule has 1 fully saturated rings. The number of likely N-dealkylation sites (tertiary alicyclic amines) is 1. The fraction of sp³-hybridized carbons (Fsp3) is 0.381. The van der Waals surface area contributed by atoms with Gasteiger partial charge in [-0.2, -0.15) is 4.98 Å². The van der Waals surface area contributed by atoms with Crippen LogP contribution in [0.4, 0.5) is 0 Å². The Morgan fingerprint density at radius 1 is 1.17 bits per heavy atom. The summed E-state index contributed by atoms with van der Waals surface area (Å²) in [4.78, 5) is 26.8. The van der Waals surface area contributed by atoms with Crippen molar-refractivity contribution in [2.75, 3.05) is 19.7 Å². The average Bonchev–Trinajstić information content (AvgIpc) is 3.24. The quantitative estimate of drug-likeness (QED) is 0.590. The molecular formula is C21H23N5O3. The highest BCUT2D eigenvalue weighted by Crippen LogP contribution is 2.23. The molecule has 0 N–H and O–H groups in total. The fourth-order valence-corrected chi connectivity index (χ4v) is 3.47. The lowest BCUT2D eigenvalue weighted by Crippen LogP contribution is -2.36. The molecule has 1 aliphatic rings. The van der Waals surface area contributed by atoms with Crippen molar-refractivity contribution in [3.8, 4) is 22.6 Å². The molecule has 29 heavy (non-hydrogen) atoms. The number of piperidine rings is 1. The van der Waals surface area contributed by atoms with Gasteiger partial charge in [0.25, 0.3) is 0 Å². The van der Waals surface area contributed by atoms with Crippen molar-refractivity contribution < 1.29 is 14.1 Å². The molecule has 8 heteroatoms. The molecule has 0 unspecified atom stereocenters. The highest BCUT2D eigenvalue weighted by atomic mass is 16.5. The maximum atomic E-state index is 11.8. The maximum Gasteiger partial charge on any atom is 0.309 e. The van der Waals surface area contributed by atoms with Gasteiger partial charge in [-0.25, -0.2) is 9.97 Å². The van der Waals surface area contributed by atoms with Gasteiger partial charge in [0.1, 0.15) is 6.33 Å². The van der Waals surface area contributed by atoms with E-state index in [4.69, 9.17) is 9.26 Å². The molecule has 0 amide bonds. The third kappa shape index (κ3) is 4.65. The summed E-state index contributed by atoms with van der Waals surface area (Å²) in [6.45, 7) is 4.48. The molecule has 8 nitrogen and oxygen atoms in total. The van der Waals surface area contributed by atoms with E-state index in [-0.39, 0.29) is 11.9 Å². The van der Waals surface area contributed by atoms with Crippen LogP contribution >= 0.6 is 0 Å². The van der Waals surface area contributed by atoms with Gasteiger partial charge in [0.2, 0.25) is 11.7 Å². The number of hydrogen-bond acceptors (Lipinski definition) is 8. The van der Waals surface area contributed by atoms with Gasteiger partial charge in [-0.15, -0.1) is 0 Å². The van der Waals surface area contributed by atoms with Crippen LogP contribution in [0.2, 0.25) is 0 Å². The van der Waals surface area contributed by atoms with Crippen LogP contribution in [0.5, 0.6) is 0 Å².